The van der Waals surface area contributed by atoms with Crippen molar-refractivity contribution in [2.45, 2.75) is 33.2 Å². The molecule has 0 aromatic heterocycles. The fourth-order valence-corrected chi connectivity index (χ4v) is 1.69. The van der Waals surface area contributed by atoms with Crippen molar-refractivity contribution in [1.29, 1.82) is 0 Å². The molecule has 21 heavy (non-hydrogen) atoms. The lowest BCUT2D eigenvalue weighted by Crippen LogP contribution is -2.46. The maximum absolute atomic E-state index is 11.8. The lowest BCUT2D eigenvalue weighted by Gasteiger charge is -2.15. The van der Waals surface area contributed by atoms with Gasteiger partial charge in [-0.05, 0) is 30.0 Å². The zero-order valence-corrected chi connectivity index (χ0v) is 12.6. The summed E-state index contributed by atoms with van der Waals surface area (Å²) in [6.45, 7) is 5.46. The molecule has 0 fully saturated rings. The Hall–Kier alpha value is -2.08. The standard InChI is InChI=1S/C15H23N3O3/c1-4-10-5-6-12(19)11(7-10)18-13(20)8-17-15(21)14(16)9(2)3/h5-7,9,14,19H,4,8,16H2,1-3H3,(H,17,21)(H,18,20)/t14-/m0/s1. The summed E-state index contributed by atoms with van der Waals surface area (Å²) in [4.78, 5) is 23.4. The minimum atomic E-state index is -0.644. The van der Waals surface area contributed by atoms with Crippen LogP contribution in [0.2, 0.25) is 0 Å². The molecular weight excluding hydrogens is 270 g/mol. The zero-order valence-electron chi connectivity index (χ0n) is 12.6. The second kappa shape index (κ2) is 7.64. The number of hydrogen-bond donors (Lipinski definition) is 4. The fraction of sp³-hybridized carbons (Fsp3) is 0.467. The van der Waals surface area contributed by atoms with Gasteiger partial charge in [-0.25, -0.2) is 0 Å². The van der Waals surface area contributed by atoms with Gasteiger partial charge in [0, 0.05) is 0 Å². The summed E-state index contributed by atoms with van der Waals surface area (Å²) in [5.41, 5.74) is 7.01. The van der Waals surface area contributed by atoms with Crippen LogP contribution in [0, 0.1) is 5.92 Å². The Morgan fingerprint density at radius 2 is 2.00 bits per heavy atom. The average Bonchev–Trinajstić information content (AvgIpc) is 2.46. The third-order valence-corrected chi connectivity index (χ3v) is 3.19. The number of hydrogen-bond acceptors (Lipinski definition) is 4. The second-order valence-corrected chi connectivity index (χ2v) is 5.24. The minimum Gasteiger partial charge on any atom is -0.506 e. The van der Waals surface area contributed by atoms with Crippen LogP contribution in [0.25, 0.3) is 0 Å². The Labute approximate surface area is 124 Å². The molecule has 1 aromatic rings. The number of phenolic OH excluding ortho intramolecular Hbond substituents is 1. The van der Waals surface area contributed by atoms with Gasteiger partial charge in [-0.2, -0.15) is 0 Å². The smallest absolute Gasteiger partial charge is 0.243 e. The molecule has 0 bridgehead atoms. The minimum absolute atomic E-state index is 0.00154. The number of aryl methyl sites for hydroxylation is 1. The lowest BCUT2D eigenvalue weighted by atomic mass is 10.1. The summed E-state index contributed by atoms with van der Waals surface area (Å²) >= 11 is 0. The monoisotopic (exact) mass is 293 g/mol. The van der Waals surface area contributed by atoms with Crippen molar-refractivity contribution >= 4 is 17.5 Å². The number of phenols is 1. The summed E-state index contributed by atoms with van der Waals surface area (Å²) < 4.78 is 0. The first-order valence-electron chi connectivity index (χ1n) is 7.00. The van der Waals surface area contributed by atoms with Crippen LogP contribution in [0.1, 0.15) is 26.3 Å². The molecule has 0 unspecified atom stereocenters. The molecule has 5 N–H and O–H groups in total. The van der Waals surface area contributed by atoms with Crippen LogP contribution in [0.15, 0.2) is 18.2 Å². The Balaban J connectivity index is 2.56. The molecule has 6 nitrogen and oxygen atoms in total. The number of amides is 2. The van der Waals surface area contributed by atoms with E-state index in [1.807, 2.05) is 20.8 Å². The fourth-order valence-electron chi connectivity index (χ4n) is 1.69. The van der Waals surface area contributed by atoms with E-state index in [1.54, 1.807) is 12.1 Å². The largest absolute Gasteiger partial charge is 0.506 e. The first-order chi connectivity index (χ1) is 9.85. The van der Waals surface area contributed by atoms with Crippen LogP contribution in [0.5, 0.6) is 5.75 Å². The van der Waals surface area contributed by atoms with E-state index in [1.165, 1.54) is 6.07 Å². The number of nitrogens with one attached hydrogen (secondary N) is 2. The maximum Gasteiger partial charge on any atom is 0.243 e. The summed E-state index contributed by atoms with van der Waals surface area (Å²) in [6, 6.07) is 4.38. The molecule has 1 rings (SSSR count). The third kappa shape index (κ3) is 5.07. The van der Waals surface area contributed by atoms with Gasteiger partial charge in [-0.15, -0.1) is 0 Å². The Kier molecular flexibility index (Phi) is 6.17. The zero-order chi connectivity index (χ0) is 16.0. The molecule has 0 saturated carbocycles. The number of carbonyl (C=O) groups is 2. The molecule has 6 heteroatoms. The van der Waals surface area contributed by atoms with Crippen molar-refractivity contribution in [2.75, 3.05) is 11.9 Å². The lowest BCUT2D eigenvalue weighted by molar-refractivity contribution is -0.125. The van der Waals surface area contributed by atoms with Gasteiger partial charge in [-0.3, -0.25) is 9.59 Å². The van der Waals surface area contributed by atoms with Gasteiger partial charge < -0.3 is 21.5 Å². The van der Waals surface area contributed by atoms with Gasteiger partial charge >= 0.3 is 0 Å². The Morgan fingerprint density at radius 3 is 2.57 bits per heavy atom. The van der Waals surface area contributed by atoms with Crippen molar-refractivity contribution in [3.8, 4) is 5.75 Å². The van der Waals surface area contributed by atoms with E-state index in [2.05, 4.69) is 10.6 Å². The van der Waals surface area contributed by atoms with Gasteiger partial charge in [0.2, 0.25) is 11.8 Å². The molecule has 0 aliphatic rings. The highest BCUT2D eigenvalue weighted by atomic mass is 16.3. The van der Waals surface area contributed by atoms with E-state index >= 15 is 0 Å². The quantitative estimate of drug-likeness (QED) is 0.587. The predicted octanol–water partition coefficient (Wildman–Crippen LogP) is 0.993. The summed E-state index contributed by atoms with van der Waals surface area (Å²) in [5, 5.41) is 14.7. The van der Waals surface area contributed by atoms with Crippen LogP contribution in [-0.4, -0.2) is 29.5 Å². The number of rotatable bonds is 6. The highest BCUT2D eigenvalue weighted by molar-refractivity contribution is 5.96. The molecule has 0 aliphatic carbocycles. The number of nitrogens with two attached hydrogens (primary N) is 1. The third-order valence-electron chi connectivity index (χ3n) is 3.19. The van der Waals surface area contributed by atoms with E-state index in [4.69, 9.17) is 5.73 Å². The van der Waals surface area contributed by atoms with Crippen molar-refractivity contribution in [3.05, 3.63) is 23.8 Å². The topological polar surface area (TPSA) is 104 Å². The highest BCUT2D eigenvalue weighted by Gasteiger charge is 2.17. The second-order valence-electron chi connectivity index (χ2n) is 5.24. The molecule has 116 valence electrons. The molecule has 0 heterocycles. The van der Waals surface area contributed by atoms with Gasteiger partial charge in [0.05, 0.1) is 18.3 Å². The molecular formula is C15H23N3O3. The molecule has 1 aromatic carbocycles. The van der Waals surface area contributed by atoms with E-state index in [9.17, 15) is 14.7 Å². The maximum atomic E-state index is 11.8. The first-order valence-corrected chi connectivity index (χ1v) is 7.00. The normalized spacial score (nSPS) is 12.0. The molecule has 0 spiro atoms. The van der Waals surface area contributed by atoms with Gasteiger partial charge in [0.1, 0.15) is 5.75 Å². The van der Waals surface area contributed by atoms with Crippen molar-refractivity contribution in [3.63, 3.8) is 0 Å². The van der Waals surface area contributed by atoms with Crippen molar-refractivity contribution in [1.82, 2.24) is 5.32 Å². The van der Waals surface area contributed by atoms with Gasteiger partial charge in [-0.1, -0.05) is 26.8 Å². The highest BCUT2D eigenvalue weighted by Crippen LogP contribution is 2.24. The average molecular weight is 293 g/mol. The number of aromatic hydroxyl groups is 1. The molecule has 0 aliphatic heterocycles. The first kappa shape index (κ1) is 17.0. The molecule has 2 amide bonds. The van der Waals surface area contributed by atoms with Gasteiger partial charge in [0.25, 0.3) is 0 Å². The summed E-state index contributed by atoms with van der Waals surface area (Å²) in [5.74, 6) is -0.793. The summed E-state index contributed by atoms with van der Waals surface area (Å²) in [7, 11) is 0. The number of anilines is 1. The van der Waals surface area contributed by atoms with E-state index in [0.29, 0.717) is 5.69 Å². The van der Waals surface area contributed by atoms with E-state index in [0.717, 1.165) is 12.0 Å². The Morgan fingerprint density at radius 1 is 1.33 bits per heavy atom. The molecule has 1 atom stereocenters. The van der Waals surface area contributed by atoms with Crippen LogP contribution < -0.4 is 16.4 Å². The predicted molar refractivity (Wildman–Crippen MR) is 81.9 cm³/mol. The summed E-state index contributed by atoms with van der Waals surface area (Å²) in [6.07, 6.45) is 0.795. The number of benzene rings is 1. The van der Waals surface area contributed by atoms with Gasteiger partial charge in [0.15, 0.2) is 0 Å². The SMILES string of the molecule is CCc1ccc(O)c(NC(=O)CNC(=O)[C@@H](N)C(C)C)c1. The molecule has 0 saturated heterocycles. The van der Waals surface area contributed by atoms with Crippen molar-refractivity contribution < 1.29 is 14.7 Å². The van der Waals surface area contributed by atoms with Crippen LogP contribution in [0.4, 0.5) is 5.69 Å². The van der Waals surface area contributed by atoms with Crippen LogP contribution in [-0.2, 0) is 16.0 Å². The van der Waals surface area contributed by atoms with Crippen molar-refractivity contribution in [2.24, 2.45) is 11.7 Å². The molecule has 0 radical (unpaired) electrons. The van der Waals surface area contributed by atoms with E-state index in [-0.39, 0.29) is 24.1 Å². The van der Waals surface area contributed by atoms with Crippen LogP contribution >= 0.6 is 0 Å². The number of carbonyl (C=O) groups excluding carboxylic acids is 2. The Bertz CT molecular complexity index is 515. The van der Waals surface area contributed by atoms with E-state index < -0.39 is 11.9 Å². The van der Waals surface area contributed by atoms with Crippen LogP contribution in [0.3, 0.4) is 0 Å².